The molecule has 0 radical (unpaired) electrons. The molecule has 1 amide bonds. The molecule has 0 saturated heterocycles. The van der Waals surface area contributed by atoms with Crippen molar-refractivity contribution >= 4 is 11.6 Å². The highest BCUT2D eigenvalue weighted by Crippen LogP contribution is 2.31. The molecule has 1 aromatic carbocycles. The van der Waals surface area contributed by atoms with Crippen LogP contribution in [0, 0.1) is 11.8 Å². The number of hydrogen-bond acceptors (Lipinski definition) is 2. The molecule has 1 aliphatic carbocycles. The maximum Gasteiger partial charge on any atom is 0.248 e. The molecule has 0 bridgehead atoms. The summed E-state index contributed by atoms with van der Waals surface area (Å²) in [4.78, 5) is 11.0. The maximum atomic E-state index is 11.0. The van der Waals surface area contributed by atoms with Crippen molar-refractivity contribution in [3.63, 3.8) is 0 Å². The number of hydrogen-bond donors (Lipinski definition) is 2. The second kappa shape index (κ2) is 5.42. The van der Waals surface area contributed by atoms with Gasteiger partial charge in [-0.1, -0.05) is 26.7 Å². The molecule has 2 rings (SSSR count). The molecule has 3 nitrogen and oxygen atoms in total. The van der Waals surface area contributed by atoms with Crippen LogP contribution in [0.25, 0.3) is 0 Å². The number of amides is 1. The quantitative estimate of drug-likeness (QED) is 0.861. The van der Waals surface area contributed by atoms with Crippen LogP contribution in [0.5, 0.6) is 0 Å². The van der Waals surface area contributed by atoms with Crippen molar-refractivity contribution in [1.82, 2.24) is 0 Å². The fourth-order valence-electron chi connectivity index (χ4n) is 2.73. The Balaban J connectivity index is 2.02. The first-order valence-corrected chi connectivity index (χ1v) is 6.74. The lowest BCUT2D eigenvalue weighted by Gasteiger charge is -2.35. The summed E-state index contributed by atoms with van der Waals surface area (Å²) >= 11 is 0. The Labute approximate surface area is 109 Å². The molecule has 0 spiro atoms. The molecular formula is C15H22N2O. The molecule has 1 saturated carbocycles. The number of carbonyl (C=O) groups is 1. The van der Waals surface area contributed by atoms with Gasteiger partial charge in [0.25, 0.3) is 0 Å². The summed E-state index contributed by atoms with van der Waals surface area (Å²) in [6.45, 7) is 4.65. The lowest BCUT2D eigenvalue weighted by atomic mass is 9.78. The van der Waals surface area contributed by atoms with Gasteiger partial charge in [-0.2, -0.15) is 0 Å². The van der Waals surface area contributed by atoms with E-state index in [-0.39, 0.29) is 5.91 Å². The minimum absolute atomic E-state index is 0.374. The maximum absolute atomic E-state index is 11.0. The third-order valence-electron chi connectivity index (χ3n) is 4.23. The summed E-state index contributed by atoms with van der Waals surface area (Å²) in [5, 5.41) is 3.58. The van der Waals surface area contributed by atoms with E-state index in [4.69, 9.17) is 5.73 Å². The monoisotopic (exact) mass is 246 g/mol. The average molecular weight is 246 g/mol. The largest absolute Gasteiger partial charge is 0.382 e. The summed E-state index contributed by atoms with van der Waals surface area (Å²) in [6.07, 6.45) is 3.85. The summed E-state index contributed by atoms with van der Waals surface area (Å²) in [7, 11) is 0. The van der Waals surface area contributed by atoms with Crippen molar-refractivity contribution in [2.75, 3.05) is 5.32 Å². The van der Waals surface area contributed by atoms with Gasteiger partial charge in [-0.3, -0.25) is 4.79 Å². The third kappa shape index (κ3) is 2.84. The number of benzene rings is 1. The van der Waals surface area contributed by atoms with E-state index >= 15 is 0 Å². The van der Waals surface area contributed by atoms with Crippen molar-refractivity contribution in [3.05, 3.63) is 29.8 Å². The van der Waals surface area contributed by atoms with Crippen molar-refractivity contribution in [1.29, 1.82) is 0 Å². The lowest BCUT2D eigenvalue weighted by molar-refractivity contribution is 0.100. The first-order valence-electron chi connectivity index (χ1n) is 6.74. The normalized spacial score (nSPS) is 27.8. The van der Waals surface area contributed by atoms with Gasteiger partial charge in [-0.15, -0.1) is 0 Å². The zero-order valence-electron chi connectivity index (χ0n) is 11.1. The van der Waals surface area contributed by atoms with E-state index in [0.717, 1.165) is 11.6 Å². The van der Waals surface area contributed by atoms with Crippen LogP contribution in [0.4, 0.5) is 5.69 Å². The van der Waals surface area contributed by atoms with Gasteiger partial charge >= 0.3 is 0 Å². The van der Waals surface area contributed by atoms with Gasteiger partial charge in [-0.25, -0.2) is 0 Å². The van der Waals surface area contributed by atoms with E-state index in [1.807, 2.05) is 12.1 Å². The second-order valence-electron chi connectivity index (χ2n) is 5.46. The highest BCUT2D eigenvalue weighted by Gasteiger charge is 2.26. The SMILES string of the molecule is CC1CCCC(Nc2ccc(C(N)=O)cc2)C1C. The van der Waals surface area contributed by atoms with Crippen LogP contribution >= 0.6 is 0 Å². The van der Waals surface area contributed by atoms with E-state index in [0.29, 0.717) is 17.5 Å². The molecule has 98 valence electrons. The van der Waals surface area contributed by atoms with Crippen molar-refractivity contribution < 1.29 is 4.79 Å². The Kier molecular flexibility index (Phi) is 3.90. The van der Waals surface area contributed by atoms with E-state index in [1.165, 1.54) is 19.3 Å². The summed E-state index contributed by atoms with van der Waals surface area (Å²) < 4.78 is 0. The number of nitrogens with one attached hydrogen (secondary N) is 1. The number of primary amides is 1. The van der Waals surface area contributed by atoms with Crippen molar-refractivity contribution in [2.24, 2.45) is 17.6 Å². The Morgan fingerprint density at radius 3 is 2.50 bits per heavy atom. The van der Waals surface area contributed by atoms with Crippen LogP contribution in [0.1, 0.15) is 43.5 Å². The van der Waals surface area contributed by atoms with Gasteiger partial charge in [0.1, 0.15) is 0 Å². The van der Waals surface area contributed by atoms with Crippen LogP contribution in [0.3, 0.4) is 0 Å². The fraction of sp³-hybridized carbons (Fsp3) is 0.533. The fourth-order valence-corrected chi connectivity index (χ4v) is 2.73. The molecule has 3 atom stereocenters. The highest BCUT2D eigenvalue weighted by atomic mass is 16.1. The standard InChI is InChI=1S/C15H22N2O/c1-10-4-3-5-14(11(10)2)17-13-8-6-12(7-9-13)15(16)18/h6-11,14,17H,3-5H2,1-2H3,(H2,16,18). The second-order valence-corrected chi connectivity index (χ2v) is 5.46. The van der Waals surface area contributed by atoms with E-state index in [1.54, 1.807) is 12.1 Å². The number of nitrogens with two attached hydrogens (primary N) is 1. The van der Waals surface area contributed by atoms with Gasteiger partial charge in [0.2, 0.25) is 5.91 Å². The molecule has 3 unspecified atom stereocenters. The van der Waals surface area contributed by atoms with E-state index in [9.17, 15) is 4.79 Å². The Morgan fingerprint density at radius 2 is 1.89 bits per heavy atom. The number of anilines is 1. The van der Waals surface area contributed by atoms with Crippen LogP contribution in [-0.4, -0.2) is 11.9 Å². The number of carbonyl (C=O) groups excluding carboxylic acids is 1. The molecule has 18 heavy (non-hydrogen) atoms. The molecule has 1 aromatic rings. The minimum atomic E-state index is -0.374. The van der Waals surface area contributed by atoms with Crippen molar-refractivity contribution in [2.45, 2.75) is 39.2 Å². The molecular weight excluding hydrogens is 224 g/mol. The first kappa shape index (κ1) is 12.9. The van der Waals surface area contributed by atoms with Crippen molar-refractivity contribution in [3.8, 4) is 0 Å². The molecule has 1 aliphatic rings. The zero-order valence-corrected chi connectivity index (χ0v) is 11.1. The predicted molar refractivity (Wildman–Crippen MR) is 74.5 cm³/mol. The Hall–Kier alpha value is -1.51. The molecule has 0 heterocycles. The zero-order chi connectivity index (χ0) is 13.1. The first-order chi connectivity index (χ1) is 8.58. The third-order valence-corrected chi connectivity index (χ3v) is 4.23. The molecule has 0 aliphatic heterocycles. The average Bonchev–Trinajstić information content (AvgIpc) is 2.36. The summed E-state index contributed by atoms with van der Waals surface area (Å²) in [6, 6.07) is 7.97. The van der Waals surface area contributed by atoms with Crippen LogP contribution in [0.15, 0.2) is 24.3 Å². The Morgan fingerprint density at radius 1 is 1.22 bits per heavy atom. The van der Waals surface area contributed by atoms with Crippen LogP contribution in [-0.2, 0) is 0 Å². The highest BCUT2D eigenvalue weighted by molar-refractivity contribution is 5.93. The van der Waals surface area contributed by atoms with Crippen LogP contribution in [0.2, 0.25) is 0 Å². The van der Waals surface area contributed by atoms with Gasteiger partial charge in [0, 0.05) is 17.3 Å². The topological polar surface area (TPSA) is 55.1 Å². The molecule has 1 fully saturated rings. The molecule has 0 aromatic heterocycles. The van der Waals surface area contributed by atoms with E-state index in [2.05, 4.69) is 19.2 Å². The molecule has 3 heteroatoms. The minimum Gasteiger partial charge on any atom is -0.382 e. The summed E-state index contributed by atoms with van der Waals surface area (Å²) in [5.41, 5.74) is 6.86. The smallest absolute Gasteiger partial charge is 0.248 e. The van der Waals surface area contributed by atoms with Gasteiger partial charge in [0.15, 0.2) is 0 Å². The van der Waals surface area contributed by atoms with E-state index < -0.39 is 0 Å². The lowest BCUT2D eigenvalue weighted by Crippen LogP contribution is -2.34. The van der Waals surface area contributed by atoms with Crippen LogP contribution < -0.4 is 11.1 Å². The van der Waals surface area contributed by atoms with Gasteiger partial charge < -0.3 is 11.1 Å². The number of rotatable bonds is 3. The molecule has 3 N–H and O–H groups in total. The Bertz CT molecular complexity index is 413. The summed E-state index contributed by atoms with van der Waals surface area (Å²) in [5.74, 6) is 1.09. The van der Waals surface area contributed by atoms with Gasteiger partial charge in [-0.05, 0) is 42.5 Å². The van der Waals surface area contributed by atoms with Gasteiger partial charge in [0.05, 0.1) is 0 Å². The predicted octanol–water partition coefficient (Wildman–Crippen LogP) is 3.02.